The fourth-order valence-electron chi connectivity index (χ4n) is 3.00. The molecule has 7 nitrogen and oxygen atoms in total. The quantitative estimate of drug-likeness (QED) is 0.609. The summed E-state index contributed by atoms with van der Waals surface area (Å²) in [5.74, 6) is 0.227. The highest BCUT2D eigenvalue weighted by atomic mass is 16.6. The Bertz CT molecular complexity index is 499. The first kappa shape index (κ1) is 12.2. The van der Waals surface area contributed by atoms with E-state index >= 15 is 0 Å². The largest absolute Gasteiger partial charge is 0.358 e. The van der Waals surface area contributed by atoms with Crippen LogP contribution < -0.4 is 5.32 Å². The molecule has 0 radical (unpaired) electrons. The molecular weight excluding hydrogens is 248 g/mol. The first-order valence-corrected chi connectivity index (χ1v) is 6.51. The van der Waals surface area contributed by atoms with E-state index in [1.165, 1.54) is 12.1 Å². The molecule has 1 amide bonds. The number of amides is 1. The minimum Gasteiger partial charge on any atom is -0.358 e. The fourth-order valence-corrected chi connectivity index (χ4v) is 3.00. The molecule has 3 heterocycles. The van der Waals surface area contributed by atoms with E-state index in [2.05, 4.69) is 10.3 Å². The Kier molecular flexibility index (Phi) is 2.98. The molecule has 2 saturated heterocycles. The zero-order valence-electron chi connectivity index (χ0n) is 10.5. The maximum absolute atomic E-state index is 12.3. The smallest absolute Gasteiger partial charge is 0.321 e. The fraction of sp³-hybridized carbons (Fsp3) is 0.583. The maximum Gasteiger partial charge on any atom is 0.321 e. The van der Waals surface area contributed by atoms with Crippen LogP contribution in [0, 0.1) is 16.0 Å². The van der Waals surface area contributed by atoms with E-state index < -0.39 is 4.92 Å². The van der Waals surface area contributed by atoms with Crippen LogP contribution in [-0.2, 0) is 0 Å². The summed E-state index contributed by atoms with van der Waals surface area (Å²) in [5, 5.41) is 14.0. The van der Waals surface area contributed by atoms with Crippen LogP contribution in [0.2, 0.25) is 0 Å². The van der Waals surface area contributed by atoms with Gasteiger partial charge in [0.2, 0.25) is 0 Å². The predicted molar refractivity (Wildman–Crippen MR) is 67.9 cm³/mol. The first-order chi connectivity index (χ1) is 9.15. The number of nitrogens with one attached hydrogen (secondary N) is 2. The molecule has 0 spiro atoms. The lowest BCUT2D eigenvalue weighted by Gasteiger charge is -2.24. The van der Waals surface area contributed by atoms with Gasteiger partial charge in [0.05, 0.1) is 0 Å². The maximum atomic E-state index is 12.3. The van der Waals surface area contributed by atoms with E-state index in [1.54, 1.807) is 4.90 Å². The molecule has 2 fully saturated rings. The Morgan fingerprint density at radius 2 is 2.26 bits per heavy atom. The van der Waals surface area contributed by atoms with Gasteiger partial charge < -0.3 is 20.3 Å². The number of aromatic nitrogens is 1. The van der Waals surface area contributed by atoms with Gasteiger partial charge in [-0.1, -0.05) is 0 Å². The molecule has 2 N–H and O–H groups in total. The number of carbonyl (C=O) groups excluding carboxylic acids is 1. The molecule has 0 unspecified atom stereocenters. The van der Waals surface area contributed by atoms with Gasteiger partial charge in [0.15, 0.2) is 5.69 Å². The molecule has 0 aromatic carbocycles. The minimum absolute atomic E-state index is 0.141. The highest BCUT2D eigenvalue weighted by Crippen LogP contribution is 2.26. The first-order valence-electron chi connectivity index (χ1n) is 6.51. The molecule has 7 heteroatoms. The van der Waals surface area contributed by atoms with E-state index in [0.29, 0.717) is 24.2 Å². The van der Waals surface area contributed by atoms with E-state index in [4.69, 9.17) is 0 Å². The molecule has 2 aliphatic heterocycles. The summed E-state index contributed by atoms with van der Waals surface area (Å²) in [6.45, 7) is 2.44. The molecular formula is C12H16N4O3. The molecule has 2 aliphatic rings. The molecule has 2 atom stereocenters. The van der Waals surface area contributed by atoms with Crippen molar-refractivity contribution < 1.29 is 9.72 Å². The average Bonchev–Trinajstić information content (AvgIpc) is 3.04. The summed E-state index contributed by atoms with van der Waals surface area (Å²) in [6.07, 6.45) is 2.30. The number of H-pyrrole nitrogens is 1. The Hall–Kier alpha value is -1.89. The summed E-state index contributed by atoms with van der Waals surface area (Å²) in [7, 11) is 0. The Morgan fingerprint density at radius 3 is 2.95 bits per heavy atom. The number of carbonyl (C=O) groups is 1. The SMILES string of the molecule is O=C(c1ccc([N+](=O)[O-])[nH]1)N1C[C@@H]2CCCN[C@@H]2C1. The number of fused-ring (bicyclic) bond motifs is 1. The lowest BCUT2D eigenvalue weighted by Crippen LogP contribution is -2.41. The van der Waals surface area contributed by atoms with Crippen molar-refractivity contribution in [1.29, 1.82) is 0 Å². The standard InChI is InChI=1S/C12H16N4O3/c17-12(9-3-4-11(14-9)16(18)19)15-6-8-2-1-5-13-10(8)7-15/h3-4,8,10,13-14H,1-2,5-7H2/t8-,10+/m0/s1. The monoisotopic (exact) mass is 264 g/mol. The number of nitrogens with zero attached hydrogens (tertiary/aromatic N) is 2. The van der Waals surface area contributed by atoms with E-state index in [-0.39, 0.29) is 11.7 Å². The number of aromatic amines is 1. The van der Waals surface area contributed by atoms with Crippen molar-refractivity contribution in [2.45, 2.75) is 18.9 Å². The van der Waals surface area contributed by atoms with Crippen LogP contribution in [0.3, 0.4) is 0 Å². The number of hydrogen-bond acceptors (Lipinski definition) is 4. The van der Waals surface area contributed by atoms with Crippen LogP contribution in [-0.4, -0.2) is 46.4 Å². The van der Waals surface area contributed by atoms with Crippen LogP contribution in [0.15, 0.2) is 12.1 Å². The van der Waals surface area contributed by atoms with Gasteiger partial charge in [0.25, 0.3) is 5.91 Å². The van der Waals surface area contributed by atoms with E-state index in [9.17, 15) is 14.9 Å². The van der Waals surface area contributed by atoms with Gasteiger partial charge in [-0.2, -0.15) is 0 Å². The summed E-state index contributed by atoms with van der Waals surface area (Å²) < 4.78 is 0. The third-order valence-electron chi connectivity index (χ3n) is 3.98. The molecule has 0 saturated carbocycles. The van der Waals surface area contributed by atoms with Gasteiger partial charge in [0, 0.05) is 25.2 Å². The van der Waals surface area contributed by atoms with Gasteiger partial charge in [-0.25, -0.2) is 4.98 Å². The van der Waals surface area contributed by atoms with Crippen molar-refractivity contribution in [3.63, 3.8) is 0 Å². The summed E-state index contributed by atoms with van der Waals surface area (Å²) in [6, 6.07) is 3.19. The minimum atomic E-state index is -0.526. The zero-order valence-corrected chi connectivity index (χ0v) is 10.5. The van der Waals surface area contributed by atoms with Crippen LogP contribution in [0.1, 0.15) is 23.3 Å². The van der Waals surface area contributed by atoms with Gasteiger partial charge in [-0.15, -0.1) is 0 Å². The number of nitro groups is 1. The number of rotatable bonds is 2. The molecule has 0 aliphatic carbocycles. The van der Waals surface area contributed by atoms with Gasteiger partial charge in [-0.3, -0.25) is 4.79 Å². The van der Waals surface area contributed by atoms with E-state index in [0.717, 1.165) is 25.9 Å². The second-order valence-corrected chi connectivity index (χ2v) is 5.19. The van der Waals surface area contributed by atoms with E-state index in [1.807, 2.05) is 0 Å². The van der Waals surface area contributed by atoms with Crippen molar-refractivity contribution in [2.24, 2.45) is 5.92 Å². The zero-order chi connectivity index (χ0) is 13.4. The third-order valence-corrected chi connectivity index (χ3v) is 3.98. The second-order valence-electron chi connectivity index (χ2n) is 5.19. The molecule has 3 rings (SSSR count). The number of hydrogen-bond donors (Lipinski definition) is 2. The van der Waals surface area contributed by atoms with Crippen LogP contribution in [0.25, 0.3) is 0 Å². The highest BCUT2D eigenvalue weighted by molar-refractivity contribution is 5.93. The molecule has 0 bridgehead atoms. The Morgan fingerprint density at radius 1 is 1.42 bits per heavy atom. The number of piperidine rings is 1. The highest BCUT2D eigenvalue weighted by Gasteiger charge is 2.37. The van der Waals surface area contributed by atoms with Crippen LogP contribution in [0.5, 0.6) is 0 Å². The van der Waals surface area contributed by atoms with Crippen LogP contribution in [0.4, 0.5) is 5.82 Å². The van der Waals surface area contributed by atoms with Gasteiger partial charge in [0.1, 0.15) is 0 Å². The van der Waals surface area contributed by atoms with Gasteiger partial charge >= 0.3 is 5.82 Å². The van der Waals surface area contributed by atoms with Crippen molar-refractivity contribution >= 4 is 11.7 Å². The molecule has 102 valence electrons. The third kappa shape index (κ3) is 2.21. The van der Waals surface area contributed by atoms with Crippen molar-refractivity contribution in [1.82, 2.24) is 15.2 Å². The Balaban J connectivity index is 1.71. The molecule has 1 aromatic heterocycles. The molecule has 1 aromatic rings. The van der Waals surface area contributed by atoms with Crippen LogP contribution >= 0.6 is 0 Å². The topological polar surface area (TPSA) is 91.3 Å². The average molecular weight is 264 g/mol. The lowest BCUT2D eigenvalue weighted by molar-refractivity contribution is -0.389. The van der Waals surface area contributed by atoms with Crippen molar-refractivity contribution in [2.75, 3.05) is 19.6 Å². The van der Waals surface area contributed by atoms with Gasteiger partial charge in [-0.05, 0) is 36.3 Å². The summed E-state index contributed by atoms with van der Waals surface area (Å²) >= 11 is 0. The predicted octanol–water partition coefficient (Wildman–Crippen LogP) is 0.747. The number of likely N-dealkylation sites (tertiary alicyclic amines) is 1. The van der Waals surface area contributed by atoms with Crippen molar-refractivity contribution in [3.8, 4) is 0 Å². The molecule has 19 heavy (non-hydrogen) atoms. The second kappa shape index (κ2) is 4.65. The summed E-state index contributed by atoms with van der Waals surface area (Å²) in [5.41, 5.74) is 0.297. The van der Waals surface area contributed by atoms with Crippen molar-refractivity contribution in [3.05, 3.63) is 27.9 Å². The summed E-state index contributed by atoms with van der Waals surface area (Å²) in [4.78, 5) is 26.7. The lowest BCUT2D eigenvalue weighted by atomic mass is 9.94. The Labute approximate surface area is 110 Å². The normalized spacial score (nSPS) is 26.2.